The predicted molar refractivity (Wildman–Crippen MR) is 107 cm³/mol. The number of fused-ring (bicyclic) bond motifs is 1. The number of amides is 1. The third-order valence-electron chi connectivity index (χ3n) is 4.76. The number of nitriles is 1. The molecule has 0 spiro atoms. The zero-order valence-corrected chi connectivity index (χ0v) is 16.0. The van der Waals surface area contributed by atoms with Crippen LogP contribution in [-0.4, -0.2) is 41.9 Å². The van der Waals surface area contributed by atoms with Crippen LogP contribution in [0.1, 0.15) is 27.2 Å². The first kappa shape index (κ1) is 17.2. The molecule has 1 fully saturated rings. The number of thiophene rings is 2. The normalized spacial score (nSPS) is 15.7. The summed E-state index contributed by atoms with van der Waals surface area (Å²) in [5.74, 6) is 0.151. The van der Waals surface area contributed by atoms with Crippen molar-refractivity contribution in [3.63, 3.8) is 0 Å². The molecule has 1 aromatic carbocycles. The van der Waals surface area contributed by atoms with Crippen molar-refractivity contribution >= 4 is 38.0 Å². The standard InChI is InChI=1S/C20H19N3OS2/c21-13-15-4-1-2-5-16(15)14-22-7-3-8-23(10-9-22)20(24)19-12-18-17(26-19)6-11-25-18/h1-2,4-6,11-12H,3,7-10,14H2. The van der Waals surface area contributed by atoms with Gasteiger partial charge in [0.1, 0.15) is 0 Å². The van der Waals surface area contributed by atoms with Gasteiger partial charge < -0.3 is 4.90 Å². The minimum Gasteiger partial charge on any atom is -0.337 e. The fourth-order valence-electron chi connectivity index (χ4n) is 3.37. The van der Waals surface area contributed by atoms with Crippen molar-refractivity contribution in [3.8, 4) is 6.07 Å². The zero-order chi connectivity index (χ0) is 17.9. The second kappa shape index (κ2) is 7.58. The van der Waals surface area contributed by atoms with Gasteiger partial charge in [0.15, 0.2) is 0 Å². The van der Waals surface area contributed by atoms with E-state index in [4.69, 9.17) is 0 Å². The SMILES string of the molecule is N#Cc1ccccc1CN1CCCN(C(=O)c2cc3sccc3s2)CC1. The first-order valence-electron chi connectivity index (χ1n) is 8.71. The average Bonchev–Trinajstić information content (AvgIpc) is 3.18. The fraction of sp³-hybridized carbons (Fsp3) is 0.300. The Morgan fingerprint density at radius 1 is 1.12 bits per heavy atom. The molecule has 132 valence electrons. The van der Waals surface area contributed by atoms with Gasteiger partial charge in [-0.15, -0.1) is 22.7 Å². The highest BCUT2D eigenvalue weighted by atomic mass is 32.1. The van der Waals surface area contributed by atoms with Crippen LogP contribution in [0.2, 0.25) is 0 Å². The van der Waals surface area contributed by atoms with E-state index in [0.29, 0.717) is 0 Å². The number of carbonyl (C=O) groups excluding carboxylic acids is 1. The summed E-state index contributed by atoms with van der Waals surface area (Å²) in [5, 5.41) is 11.3. The van der Waals surface area contributed by atoms with Crippen LogP contribution in [-0.2, 0) is 6.54 Å². The molecule has 3 aromatic rings. The van der Waals surface area contributed by atoms with E-state index in [9.17, 15) is 10.1 Å². The van der Waals surface area contributed by atoms with Crippen molar-refractivity contribution in [3.05, 3.63) is 57.8 Å². The van der Waals surface area contributed by atoms with Gasteiger partial charge in [-0.25, -0.2) is 0 Å². The van der Waals surface area contributed by atoms with Crippen LogP contribution in [0.5, 0.6) is 0 Å². The van der Waals surface area contributed by atoms with Crippen molar-refractivity contribution in [2.45, 2.75) is 13.0 Å². The number of nitrogens with zero attached hydrogens (tertiary/aromatic N) is 3. The molecule has 26 heavy (non-hydrogen) atoms. The molecule has 0 N–H and O–H groups in total. The highest BCUT2D eigenvalue weighted by Crippen LogP contribution is 2.30. The minimum absolute atomic E-state index is 0.151. The molecule has 1 amide bonds. The maximum absolute atomic E-state index is 12.9. The Labute approximate surface area is 160 Å². The van der Waals surface area contributed by atoms with E-state index in [1.807, 2.05) is 35.2 Å². The third kappa shape index (κ3) is 3.51. The van der Waals surface area contributed by atoms with Gasteiger partial charge in [-0.2, -0.15) is 5.26 Å². The van der Waals surface area contributed by atoms with Crippen LogP contribution in [0.4, 0.5) is 0 Å². The summed E-state index contributed by atoms with van der Waals surface area (Å²) in [5.41, 5.74) is 1.80. The van der Waals surface area contributed by atoms with Crippen LogP contribution in [0.15, 0.2) is 41.8 Å². The maximum atomic E-state index is 12.9. The number of hydrogen-bond donors (Lipinski definition) is 0. The molecular formula is C20H19N3OS2. The molecule has 0 bridgehead atoms. The van der Waals surface area contributed by atoms with Gasteiger partial charge in [0, 0.05) is 42.1 Å². The second-order valence-electron chi connectivity index (χ2n) is 6.45. The number of carbonyl (C=O) groups is 1. The van der Waals surface area contributed by atoms with Crippen LogP contribution in [0.25, 0.3) is 9.40 Å². The third-order valence-corrected chi connectivity index (χ3v) is 6.84. The van der Waals surface area contributed by atoms with Crippen LogP contribution < -0.4 is 0 Å². The van der Waals surface area contributed by atoms with Gasteiger partial charge in [0.2, 0.25) is 0 Å². The van der Waals surface area contributed by atoms with E-state index in [1.54, 1.807) is 22.7 Å². The molecule has 4 rings (SSSR count). The summed E-state index contributed by atoms with van der Waals surface area (Å²) in [6.07, 6.45) is 0.959. The summed E-state index contributed by atoms with van der Waals surface area (Å²) in [7, 11) is 0. The van der Waals surface area contributed by atoms with E-state index in [1.165, 1.54) is 9.40 Å². The summed E-state index contributed by atoms with van der Waals surface area (Å²) >= 11 is 3.28. The summed E-state index contributed by atoms with van der Waals surface area (Å²) in [6.45, 7) is 4.08. The van der Waals surface area contributed by atoms with Crippen LogP contribution in [0, 0.1) is 11.3 Å². The predicted octanol–water partition coefficient (Wildman–Crippen LogP) is 4.18. The summed E-state index contributed by atoms with van der Waals surface area (Å²) in [4.78, 5) is 18.0. The minimum atomic E-state index is 0.151. The molecule has 0 aliphatic carbocycles. The van der Waals surface area contributed by atoms with E-state index < -0.39 is 0 Å². The van der Waals surface area contributed by atoms with Gasteiger partial charge in [0.05, 0.1) is 16.5 Å². The smallest absolute Gasteiger partial charge is 0.264 e. The van der Waals surface area contributed by atoms with Crippen molar-refractivity contribution in [1.29, 1.82) is 5.26 Å². The molecule has 4 nitrogen and oxygen atoms in total. The number of benzene rings is 1. The Morgan fingerprint density at radius 2 is 2.00 bits per heavy atom. The molecule has 1 aliphatic heterocycles. The molecule has 0 radical (unpaired) electrons. The quantitative estimate of drug-likeness (QED) is 0.684. The van der Waals surface area contributed by atoms with Crippen molar-refractivity contribution in [2.24, 2.45) is 0 Å². The van der Waals surface area contributed by atoms with Gasteiger partial charge in [-0.1, -0.05) is 18.2 Å². The number of rotatable bonds is 3. The molecule has 2 aromatic heterocycles. The largest absolute Gasteiger partial charge is 0.337 e. The van der Waals surface area contributed by atoms with Gasteiger partial charge >= 0.3 is 0 Å². The van der Waals surface area contributed by atoms with Crippen molar-refractivity contribution in [1.82, 2.24) is 9.80 Å². The molecule has 1 aliphatic rings. The summed E-state index contributed by atoms with van der Waals surface area (Å²) in [6, 6.07) is 14.1. The van der Waals surface area contributed by atoms with E-state index in [0.717, 1.165) is 55.1 Å². The lowest BCUT2D eigenvalue weighted by Gasteiger charge is -2.22. The molecule has 0 unspecified atom stereocenters. The van der Waals surface area contributed by atoms with Crippen molar-refractivity contribution in [2.75, 3.05) is 26.2 Å². The monoisotopic (exact) mass is 381 g/mol. The summed E-state index contributed by atoms with van der Waals surface area (Å²) < 4.78 is 2.39. The Morgan fingerprint density at radius 3 is 2.85 bits per heavy atom. The molecule has 6 heteroatoms. The Bertz CT molecular complexity index is 940. The van der Waals surface area contributed by atoms with Crippen molar-refractivity contribution < 1.29 is 4.79 Å². The van der Waals surface area contributed by atoms with Gasteiger partial charge in [0.25, 0.3) is 5.91 Å². The molecule has 3 heterocycles. The van der Waals surface area contributed by atoms with Crippen LogP contribution in [0.3, 0.4) is 0 Å². The molecule has 0 saturated carbocycles. The van der Waals surface area contributed by atoms with E-state index in [2.05, 4.69) is 22.4 Å². The first-order valence-corrected chi connectivity index (χ1v) is 10.4. The highest BCUT2D eigenvalue weighted by molar-refractivity contribution is 7.27. The zero-order valence-electron chi connectivity index (χ0n) is 14.4. The Hall–Kier alpha value is -2.20. The second-order valence-corrected chi connectivity index (χ2v) is 8.48. The van der Waals surface area contributed by atoms with E-state index in [-0.39, 0.29) is 5.91 Å². The Balaban J connectivity index is 1.42. The topological polar surface area (TPSA) is 47.3 Å². The average molecular weight is 382 g/mol. The highest BCUT2D eigenvalue weighted by Gasteiger charge is 2.22. The number of hydrogen-bond acceptors (Lipinski definition) is 5. The Kier molecular flexibility index (Phi) is 5.02. The fourth-order valence-corrected chi connectivity index (χ4v) is 5.44. The lowest BCUT2D eigenvalue weighted by molar-refractivity contribution is 0.0766. The van der Waals surface area contributed by atoms with E-state index >= 15 is 0 Å². The van der Waals surface area contributed by atoms with Crippen LogP contribution >= 0.6 is 22.7 Å². The molecule has 0 atom stereocenters. The first-order chi connectivity index (χ1) is 12.7. The molecular weight excluding hydrogens is 362 g/mol. The van der Waals surface area contributed by atoms with Gasteiger partial charge in [-0.05, 0) is 35.6 Å². The lowest BCUT2D eigenvalue weighted by atomic mass is 10.1. The lowest BCUT2D eigenvalue weighted by Crippen LogP contribution is -2.34. The molecule has 1 saturated heterocycles. The van der Waals surface area contributed by atoms with Gasteiger partial charge in [-0.3, -0.25) is 9.69 Å². The maximum Gasteiger partial charge on any atom is 0.264 e.